The van der Waals surface area contributed by atoms with Crippen molar-refractivity contribution in [1.29, 1.82) is 0 Å². The average molecular weight is 294 g/mol. The van der Waals surface area contributed by atoms with Crippen LogP contribution < -0.4 is 10.6 Å². The molecule has 110 valence electrons. The number of hydrogen-bond acceptors (Lipinski definition) is 5. The fourth-order valence-electron chi connectivity index (χ4n) is 2.51. The van der Waals surface area contributed by atoms with E-state index in [-0.39, 0.29) is 6.10 Å². The first-order valence-electron chi connectivity index (χ1n) is 7.04. The molecule has 0 spiro atoms. The van der Waals surface area contributed by atoms with E-state index in [1.165, 1.54) is 0 Å². The summed E-state index contributed by atoms with van der Waals surface area (Å²) in [6, 6.07) is 0. The third-order valence-electron chi connectivity index (χ3n) is 3.81. The fraction of sp³-hybridized carbons (Fsp3) is 0.643. The maximum Gasteiger partial charge on any atom is 0.161 e. The molecule has 1 saturated heterocycles. The third kappa shape index (κ3) is 3.07. The van der Waals surface area contributed by atoms with Crippen molar-refractivity contribution < 1.29 is 4.74 Å². The van der Waals surface area contributed by atoms with Gasteiger partial charge in [0.05, 0.1) is 17.4 Å². The minimum atomic E-state index is 0.262. The van der Waals surface area contributed by atoms with Crippen molar-refractivity contribution in [2.75, 3.05) is 24.6 Å². The Labute approximate surface area is 125 Å². The lowest BCUT2D eigenvalue weighted by Crippen LogP contribution is -2.35. The van der Waals surface area contributed by atoms with Crippen LogP contribution in [0.2, 0.25) is 0 Å². The molecule has 0 amide bonds. The smallest absolute Gasteiger partial charge is 0.161 e. The maximum atomic E-state index is 5.89. The Bertz CT molecular complexity index is 500. The highest BCUT2D eigenvalue weighted by atomic mass is 32.1. The largest absolute Gasteiger partial charge is 0.389 e. The van der Waals surface area contributed by atoms with Crippen molar-refractivity contribution in [2.24, 2.45) is 5.73 Å². The molecule has 2 rings (SSSR count). The number of nitrogens with zero attached hydrogens (tertiary/aromatic N) is 3. The number of ether oxygens (including phenoxy) is 1. The number of thiocarbonyl (C=S) groups is 1. The Morgan fingerprint density at radius 2 is 2.20 bits per heavy atom. The molecule has 0 aliphatic carbocycles. The number of hydrogen-bond donors (Lipinski definition) is 1. The fourth-order valence-corrected chi connectivity index (χ4v) is 2.76. The number of anilines is 1. The summed E-state index contributed by atoms with van der Waals surface area (Å²) in [6.45, 7) is 8.49. The van der Waals surface area contributed by atoms with Crippen LogP contribution in [0.4, 0.5) is 5.82 Å². The topological polar surface area (TPSA) is 64.3 Å². The second-order valence-corrected chi connectivity index (χ2v) is 5.59. The molecule has 1 aromatic heterocycles. The van der Waals surface area contributed by atoms with E-state index in [2.05, 4.69) is 22.0 Å². The molecule has 1 atom stereocenters. The highest BCUT2D eigenvalue weighted by Crippen LogP contribution is 2.24. The van der Waals surface area contributed by atoms with Crippen molar-refractivity contribution in [2.45, 2.75) is 39.7 Å². The van der Waals surface area contributed by atoms with Crippen LogP contribution in [0.1, 0.15) is 36.6 Å². The summed E-state index contributed by atoms with van der Waals surface area (Å²) in [5.74, 6) is 0.776. The lowest BCUT2D eigenvalue weighted by atomic mass is 10.1. The van der Waals surface area contributed by atoms with Gasteiger partial charge in [-0.15, -0.1) is 5.10 Å². The van der Waals surface area contributed by atoms with E-state index in [0.29, 0.717) is 4.99 Å². The summed E-state index contributed by atoms with van der Waals surface area (Å²) in [6.07, 6.45) is 2.48. The summed E-state index contributed by atoms with van der Waals surface area (Å²) in [7, 11) is 0. The van der Waals surface area contributed by atoms with E-state index >= 15 is 0 Å². The van der Waals surface area contributed by atoms with Crippen LogP contribution in [-0.4, -0.2) is 41.0 Å². The molecule has 0 aromatic carbocycles. The predicted octanol–water partition coefficient (Wildman–Crippen LogP) is 1.73. The molecule has 0 radical (unpaired) electrons. The van der Waals surface area contributed by atoms with Gasteiger partial charge in [-0.1, -0.05) is 12.2 Å². The molecule has 6 heteroatoms. The van der Waals surface area contributed by atoms with E-state index in [9.17, 15) is 0 Å². The second-order valence-electron chi connectivity index (χ2n) is 5.15. The second kappa shape index (κ2) is 6.45. The summed E-state index contributed by atoms with van der Waals surface area (Å²) in [5, 5.41) is 8.54. The van der Waals surface area contributed by atoms with Crippen LogP contribution in [0, 0.1) is 13.8 Å². The molecule has 2 heterocycles. The van der Waals surface area contributed by atoms with Crippen molar-refractivity contribution in [3.8, 4) is 0 Å². The van der Waals surface area contributed by atoms with E-state index in [1.807, 2.05) is 13.8 Å². The molecule has 5 nitrogen and oxygen atoms in total. The third-order valence-corrected chi connectivity index (χ3v) is 4.02. The number of aromatic nitrogens is 2. The molecule has 2 N–H and O–H groups in total. The number of likely N-dealkylation sites (N-methyl/N-ethyl adjacent to an activating group) is 1. The molecular weight excluding hydrogens is 272 g/mol. The highest BCUT2D eigenvalue weighted by molar-refractivity contribution is 7.80. The van der Waals surface area contributed by atoms with Gasteiger partial charge in [-0.2, -0.15) is 5.10 Å². The summed E-state index contributed by atoms with van der Waals surface area (Å²) < 4.78 is 5.71. The molecule has 0 saturated carbocycles. The first-order valence-corrected chi connectivity index (χ1v) is 7.45. The minimum absolute atomic E-state index is 0.262. The van der Waals surface area contributed by atoms with E-state index < -0.39 is 0 Å². The Morgan fingerprint density at radius 3 is 2.75 bits per heavy atom. The molecule has 1 aliphatic rings. The van der Waals surface area contributed by atoms with Crippen LogP contribution in [0.25, 0.3) is 0 Å². The van der Waals surface area contributed by atoms with Crippen molar-refractivity contribution in [1.82, 2.24) is 10.2 Å². The van der Waals surface area contributed by atoms with Gasteiger partial charge in [0.15, 0.2) is 5.82 Å². The zero-order chi connectivity index (χ0) is 14.7. The maximum absolute atomic E-state index is 5.89. The molecule has 1 unspecified atom stereocenters. The Morgan fingerprint density at radius 1 is 1.45 bits per heavy atom. The Hall–Kier alpha value is -1.27. The van der Waals surface area contributed by atoms with Gasteiger partial charge in [-0.3, -0.25) is 0 Å². The van der Waals surface area contributed by atoms with E-state index in [4.69, 9.17) is 22.7 Å². The summed E-state index contributed by atoms with van der Waals surface area (Å²) in [5.41, 5.74) is 8.60. The van der Waals surface area contributed by atoms with Gasteiger partial charge in [0.25, 0.3) is 0 Å². The van der Waals surface area contributed by atoms with Crippen LogP contribution in [0.5, 0.6) is 0 Å². The molecule has 20 heavy (non-hydrogen) atoms. The van der Waals surface area contributed by atoms with Gasteiger partial charge in [-0.25, -0.2) is 0 Å². The average Bonchev–Trinajstić information content (AvgIpc) is 2.91. The molecular formula is C14H22N4OS. The summed E-state index contributed by atoms with van der Waals surface area (Å²) >= 11 is 5.20. The van der Waals surface area contributed by atoms with Gasteiger partial charge in [0.1, 0.15) is 4.99 Å². The minimum Gasteiger partial charge on any atom is -0.389 e. The van der Waals surface area contributed by atoms with Gasteiger partial charge >= 0.3 is 0 Å². The van der Waals surface area contributed by atoms with Crippen LogP contribution in [0.3, 0.4) is 0 Å². The van der Waals surface area contributed by atoms with Gasteiger partial charge in [0, 0.05) is 19.7 Å². The monoisotopic (exact) mass is 294 g/mol. The van der Waals surface area contributed by atoms with Crippen LogP contribution >= 0.6 is 12.2 Å². The Kier molecular flexibility index (Phi) is 4.88. The first kappa shape index (κ1) is 15.1. The SMILES string of the molecule is CCN(CC1CCCO1)c1nnc(C)c(C)c1C(N)=S. The Balaban J connectivity index is 2.33. The first-order chi connectivity index (χ1) is 9.54. The highest BCUT2D eigenvalue weighted by Gasteiger charge is 2.23. The predicted molar refractivity (Wildman–Crippen MR) is 84.3 cm³/mol. The lowest BCUT2D eigenvalue weighted by molar-refractivity contribution is 0.115. The van der Waals surface area contributed by atoms with E-state index in [0.717, 1.165) is 55.2 Å². The molecule has 1 aliphatic heterocycles. The zero-order valence-electron chi connectivity index (χ0n) is 12.3. The van der Waals surface area contributed by atoms with Gasteiger partial charge in [-0.05, 0) is 39.2 Å². The van der Waals surface area contributed by atoms with Crippen LogP contribution in [-0.2, 0) is 4.74 Å². The number of rotatable bonds is 5. The quantitative estimate of drug-likeness (QED) is 0.835. The number of nitrogens with two attached hydrogens (primary N) is 1. The van der Waals surface area contributed by atoms with Crippen molar-refractivity contribution >= 4 is 23.0 Å². The molecule has 0 bridgehead atoms. The standard InChI is InChI=1S/C14H22N4OS/c1-4-18(8-11-6-5-7-19-11)14-12(13(15)20)9(2)10(3)16-17-14/h11H,4-8H2,1-3H3,(H2,15,20). The number of aryl methyl sites for hydroxylation is 1. The van der Waals surface area contributed by atoms with Gasteiger partial charge in [0.2, 0.25) is 0 Å². The van der Waals surface area contributed by atoms with Crippen LogP contribution in [0.15, 0.2) is 0 Å². The van der Waals surface area contributed by atoms with E-state index in [1.54, 1.807) is 0 Å². The normalized spacial score (nSPS) is 18.2. The molecule has 1 aromatic rings. The summed E-state index contributed by atoms with van der Waals surface area (Å²) in [4.78, 5) is 2.53. The molecule has 1 fully saturated rings. The van der Waals surface area contributed by atoms with Crippen molar-refractivity contribution in [3.63, 3.8) is 0 Å². The van der Waals surface area contributed by atoms with Gasteiger partial charge < -0.3 is 15.4 Å². The zero-order valence-corrected chi connectivity index (χ0v) is 13.2. The van der Waals surface area contributed by atoms with Crippen molar-refractivity contribution in [3.05, 3.63) is 16.8 Å². The lowest BCUT2D eigenvalue weighted by Gasteiger charge is -2.27.